The van der Waals surface area contributed by atoms with Crippen molar-refractivity contribution < 1.29 is 32.4 Å². The maximum Gasteiger partial charge on any atom is 0.266 e. The van der Waals surface area contributed by atoms with Crippen molar-refractivity contribution in [3.8, 4) is 0 Å². The van der Waals surface area contributed by atoms with Gasteiger partial charge in [-0.3, -0.25) is 14.8 Å². The lowest BCUT2D eigenvalue weighted by Gasteiger charge is -2.40. The smallest absolute Gasteiger partial charge is 0.266 e. The van der Waals surface area contributed by atoms with Crippen LogP contribution in [-0.2, 0) is 30.9 Å². The quantitative estimate of drug-likeness (QED) is 0.412. The second-order valence-electron chi connectivity index (χ2n) is 8.62. The number of carbonyl (C=O) groups excluding carboxylic acids is 2. The lowest BCUT2D eigenvalue weighted by Crippen LogP contribution is -2.60. The first-order valence-electron chi connectivity index (χ1n) is 11.1. The number of carbonyl (C=O) groups is 2. The number of hydroxylamine groups is 1. The Morgan fingerprint density at radius 1 is 1.28 bits per heavy atom. The number of hydrogen-bond acceptors (Lipinski definition) is 7. The molecule has 0 aromatic carbocycles. The highest BCUT2D eigenvalue weighted by Gasteiger charge is 2.54. The molecular weight excluding hydrogens is 438 g/mol. The van der Waals surface area contributed by atoms with Crippen molar-refractivity contribution in [3.05, 3.63) is 24.2 Å². The van der Waals surface area contributed by atoms with Crippen LogP contribution in [0.4, 0.5) is 0 Å². The molecule has 2 amide bonds. The van der Waals surface area contributed by atoms with Crippen LogP contribution in [0.25, 0.3) is 0 Å². The van der Waals surface area contributed by atoms with E-state index < -0.39 is 20.7 Å². The molecule has 0 spiro atoms. The van der Waals surface area contributed by atoms with E-state index in [0.717, 1.165) is 18.6 Å². The lowest BCUT2D eigenvalue weighted by atomic mass is 9.92. The topological polar surface area (TPSA) is 129 Å². The maximum atomic E-state index is 13.3. The van der Waals surface area contributed by atoms with E-state index in [-0.39, 0.29) is 32.0 Å². The van der Waals surface area contributed by atoms with Gasteiger partial charge in [0.2, 0.25) is 15.9 Å². The molecule has 0 saturated carbocycles. The second-order valence-corrected chi connectivity index (χ2v) is 10.9. The molecule has 1 aromatic heterocycles. The fourth-order valence-electron chi connectivity index (χ4n) is 4.55. The van der Waals surface area contributed by atoms with E-state index in [1.165, 1.54) is 4.31 Å². The molecule has 0 bridgehead atoms. The van der Waals surface area contributed by atoms with Crippen molar-refractivity contribution in [2.75, 3.05) is 33.4 Å². The zero-order chi connectivity index (χ0) is 23.2. The molecule has 11 heteroatoms. The molecule has 10 nitrogen and oxygen atoms in total. The van der Waals surface area contributed by atoms with Crippen LogP contribution in [0.2, 0.25) is 0 Å². The maximum absolute atomic E-state index is 13.3. The summed E-state index contributed by atoms with van der Waals surface area (Å²) in [6.07, 6.45) is 5.03. The molecule has 0 atom stereocenters. The third-order valence-electron chi connectivity index (χ3n) is 6.62. The van der Waals surface area contributed by atoms with Crippen molar-refractivity contribution in [1.29, 1.82) is 0 Å². The summed E-state index contributed by atoms with van der Waals surface area (Å²) in [5, 5.41) is 9.15. The lowest BCUT2D eigenvalue weighted by molar-refractivity contribution is -0.134. The predicted octanol–water partition coefficient (Wildman–Crippen LogP) is 1.50. The molecule has 1 aromatic rings. The van der Waals surface area contributed by atoms with Crippen LogP contribution in [-0.4, -0.2) is 72.7 Å². The van der Waals surface area contributed by atoms with Gasteiger partial charge in [0.1, 0.15) is 5.76 Å². The van der Waals surface area contributed by atoms with E-state index in [1.54, 1.807) is 29.8 Å². The molecular formula is C21H33N3O7S. The zero-order valence-electron chi connectivity index (χ0n) is 18.5. The van der Waals surface area contributed by atoms with Gasteiger partial charge in [0.15, 0.2) is 4.75 Å². The Balaban J connectivity index is 1.47. The summed E-state index contributed by atoms with van der Waals surface area (Å²) in [5.41, 5.74) is 1.55. The number of ether oxygens (including phenoxy) is 1. The summed E-state index contributed by atoms with van der Waals surface area (Å²) in [4.78, 5) is 26.3. The van der Waals surface area contributed by atoms with Gasteiger partial charge in [0.05, 0.1) is 12.8 Å². The molecule has 32 heavy (non-hydrogen) atoms. The predicted molar refractivity (Wildman–Crippen MR) is 115 cm³/mol. The van der Waals surface area contributed by atoms with Gasteiger partial charge in [0, 0.05) is 52.6 Å². The molecule has 0 unspecified atom stereocenters. The summed E-state index contributed by atoms with van der Waals surface area (Å²) < 4.78 is 36.9. The second kappa shape index (κ2) is 10.8. The van der Waals surface area contributed by atoms with E-state index in [9.17, 15) is 18.0 Å². The summed E-state index contributed by atoms with van der Waals surface area (Å²) >= 11 is 0. The summed E-state index contributed by atoms with van der Waals surface area (Å²) in [7, 11) is -2.19. The van der Waals surface area contributed by atoms with Gasteiger partial charge >= 0.3 is 0 Å². The highest BCUT2D eigenvalue weighted by atomic mass is 32.2. The van der Waals surface area contributed by atoms with Crippen LogP contribution in [0, 0.1) is 5.92 Å². The Labute approximate surface area is 188 Å². The average Bonchev–Trinajstić information content (AvgIpc) is 3.32. The molecule has 2 aliphatic rings. The molecule has 3 rings (SSSR count). The van der Waals surface area contributed by atoms with Gasteiger partial charge in [0.25, 0.3) is 5.91 Å². The number of rotatable bonds is 9. The van der Waals surface area contributed by atoms with E-state index in [2.05, 4.69) is 0 Å². The first-order chi connectivity index (χ1) is 15.3. The Bertz CT molecular complexity index is 858. The Hall–Kier alpha value is -1.95. The Morgan fingerprint density at radius 2 is 1.97 bits per heavy atom. The van der Waals surface area contributed by atoms with Crippen LogP contribution in [0.5, 0.6) is 0 Å². The van der Waals surface area contributed by atoms with Crippen molar-refractivity contribution in [2.24, 2.45) is 5.92 Å². The Morgan fingerprint density at radius 3 is 2.56 bits per heavy atom. The van der Waals surface area contributed by atoms with Crippen LogP contribution < -0.4 is 5.48 Å². The molecule has 180 valence electrons. The third-order valence-corrected chi connectivity index (χ3v) is 9.25. The first-order valence-corrected chi connectivity index (χ1v) is 12.5. The number of furan rings is 1. The van der Waals surface area contributed by atoms with E-state index in [1.807, 2.05) is 6.07 Å². The summed E-state index contributed by atoms with van der Waals surface area (Å²) in [6, 6.07) is 3.63. The van der Waals surface area contributed by atoms with Gasteiger partial charge in [-0.1, -0.05) is 0 Å². The highest BCUT2D eigenvalue weighted by Crippen LogP contribution is 2.35. The molecule has 2 N–H and O–H groups in total. The van der Waals surface area contributed by atoms with E-state index in [0.29, 0.717) is 44.8 Å². The molecule has 2 fully saturated rings. The summed E-state index contributed by atoms with van der Waals surface area (Å²) in [5.74, 6) is 0.242. The van der Waals surface area contributed by atoms with Gasteiger partial charge in [-0.2, -0.15) is 0 Å². The standard InChI is InChI=1S/C21H33N3O7S/c1-23(16-18-5-3-13-31-18)19(25)6-2-4-17-7-11-24(12-8-17)32(28,29)21(20(26)22-27)9-14-30-15-10-21/h3,5,13,17,27H,2,4,6-12,14-16H2,1H3,(H,22,26). The van der Waals surface area contributed by atoms with Crippen molar-refractivity contribution >= 4 is 21.8 Å². The molecule has 2 aliphatic heterocycles. The largest absolute Gasteiger partial charge is 0.467 e. The van der Waals surface area contributed by atoms with Crippen LogP contribution in [0.3, 0.4) is 0 Å². The van der Waals surface area contributed by atoms with E-state index >= 15 is 0 Å². The highest BCUT2D eigenvalue weighted by molar-refractivity contribution is 7.91. The van der Waals surface area contributed by atoms with Crippen molar-refractivity contribution in [3.63, 3.8) is 0 Å². The number of piperidine rings is 1. The monoisotopic (exact) mass is 471 g/mol. The fraction of sp³-hybridized carbons (Fsp3) is 0.714. The minimum atomic E-state index is -3.94. The fourth-order valence-corrected chi connectivity index (χ4v) is 6.70. The first kappa shape index (κ1) is 24.7. The summed E-state index contributed by atoms with van der Waals surface area (Å²) in [6.45, 7) is 1.43. The minimum absolute atomic E-state index is 0.0231. The van der Waals surface area contributed by atoms with Crippen LogP contribution >= 0.6 is 0 Å². The van der Waals surface area contributed by atoms with Crippen molar-refractivity contribution in [2.45, 2.75) is 56.2 Å². The number of amides is 2. The third kappa shape index (κ3) is 5.33. The minimum Gasteiger partial charge on any atom is -0.467 e. The molecule has 2 saturated heterocycles. The van der Waals surface area contributed by atoms with Crippen LogP contribution in [0.15, 0.2) is 22.8 Å². The van der Waals surface area contributed by atoms with Gasteiger partial charge in [-0.25, -0.2) is 18.2 Å². The van der Waals surface area contributed by atoms with Gasteiger partial charge < -0.3 is 14.1 Å². The molecule has 0 radical (unpaired) electrons. The van der Waals surface area contributed by atoms with Gasteiger partial charge in [-0.15, -0.1) is 0 Å². The van der Waals surface area contributed by atoms with Gasteiger partial charge in [-0.05, 0) is 43.7 Å². The number of nitrogens with zero attached hydrogens (tertiary/aromatic N) is 2. The van der Waals surface area contributed by atoms with Crippen molar-refractivity contribution in [1.82, 2.24) is 14.7 Å². The van der Waals surface area contributed by atoms with E-state index in [4.69, 9.17) is 14.4 Å². The normalized spacial score (nSPS) is 20.1. The average molecular weight is 472 g/mol. The molecule has 0 aliphatic carbocycles. The number of sulfonamides is 1. The SMILES string of the molecule is CN(Cc1ccco1)C(=O)CCCC1CCN(S(=O)(=O)C2(C(=O)NO)CCOCC2)CC1. The molecule has 3 heterocycles. The number of hydrogen-bond donors (Lipinski definition) is 2. The number of nitrogens with one attached hydrogen (secondary N) is 1. The Kier molecular flexibility index (Phi) is 8.32. The van der Waals surface area contributed by atoms with Crippen LogP contribution in [0.1, 0.15) is 50.7 Å². The zero-order valence-corrected chi connectivity index (χ0v) is 19.3.